The van der Waals surface area contributed by atoms with Crippen molar-refractivity contribution < 1.29 is 13.2 Å². The smallest absolute Gasteiger partial charge is 0.223 e. The zero-order chi connectivity index (χ0) is 18.4. The maximum Gasteiger partial charge on any atom is 0.223 e. The number of rotatable bonds is 7. The molecule has 0 aliphatic carbocycles. The number of amides is 1. The fourth-order valence-corrected chi connectivity index (χ4v) is 3.83. The second kappa shape index (κ2) is 8.78. The van der Waals surface area contributed by atoms with E-state index < -0.39 is 10.0 Å². The standard InChI is InChI=1S/C18H29N3O3S/c1-4-19-11-13-20(14-12-19)18(22)9-10-21(25(3,23)24)15-17-8-6-5-7-16(17)2/h5-8H,4,9-15H2,1-3H3. The minimum atomic E-state index is -3.36. The van der Waals surface area contributed by atoms with Gasteiger partial charge >= 0.3 is 0 Å². The molecule has 0 saturated carbocycles. The van der Waals surface area contributed by atoms with Crippen LogP contribution >= 0.6 is 0 Å². The van der Waals surface area contributed by atoms with Crippen molar-refractivity contribution in [2.45, 2.75) is 26.8 Å². The third kappa shape index (κ3) is 5.80. The Labute approximate surface area is 151 Å². The molecule has 1 saturated heterocycles. The summed E-state index contributed by atoms with van der Waals surface area (Å²) in [5.41, 5.74) is 2.02. The molecule has 1 aromatic carbocycles. The molecular weight excluding hydrogens is 338 g/mol. The minimum Gasteiger partial charge on any atom is -0.340 e. The molecule has 1 heterocycles. The Kier molecular flexibility index (Phi) is 6.98. The van der Waals surface area contributed by atoms with Crippen molar-refractivity contribution in [3.8, 4) is 0 Å². The van der Waals surface area contributed by atoms with Gasteiger partial charge in [0.05, 0.1) is 6.26 Å². The summed E-state index contributed by atoms with van der Waals surface area (Å²) < 4.78 is 25.6. The zero-order valence-electron chi connectivity index (χ0n) is 15.4. The van der Waals surface area contributed by atoms with Gasteiger partial charge in [0.25, 0.3) is 0 Å². The number of carbonyl (C=O) groups is 1. The Morgan fingerprint density at radius 2 is 1.80 bits per heavy atom. The van der Waals surface area contributed by atoms with E-state index in [0.717, 1.165) is 43.9 Å². The highest BCUT2D eigenvalue weighted by molar-refractivity contribution is 7.88. The van der Waals surface area contributed by atoms with Gasteiger partial charge < -0.3 is 9.80 Å². The predicted octanol–water partition coefficient (Wildman–Crippen LogP) is 1.31. The first-order chi connectivity index (χ1) is 11.8. The molecule has 0 N–H and O–H groups in total. The third-order valence-electron chi connectivity index (χ3n) is 4.82. The molecule has 0 unspecified atom stereocenters. The molecule has 0 spiro atoms. The molecule has 0 radical (unpaired) electrons. The first kappa shape index (κ1) is 19.9. The van der Waals surface area contributed by atoms with Gasteiger partial charge in [0.15, 0.2) is 0 Å². The van der Waals surface area contributed by atoms with Crippen LogP contribution in [0.4, 0.5) is 0 Å². The largest absolute Gasteiger partial charge is 0.340 e. The molecule has 0 bridgehead atoms. The molecule has 0 aromatic heterocycles. The van der Waals surface area contributed by atoms with E-state index >= 15 is 0 Å². The van der Waals surface area contributed by atoms with Crippen LogP contribution in [0.3, 0.4) is 0 Å². The quantitative estimate of drug-likeness (QED) is 0.729. The third-order valence-corrected chi connectivity index (χ3v) is 6.07. The minimum absolute atomic E-state index is 0.0363. The summed E-state index contributed by atoms with van der Waals surface area (Å²) in [7, 11) is -3.36. The summed E-state index contributed by atoms with van der Waals surface area (Å²) in [5.74, 6) is 0.0363. The Bertz CT molecular complexity index is 683. The van der Waals surface area contributed by atoms with Gasteiger partial charge in [-0.05, 0) is 24.6 Å². The van der Waals surface area contributed by atoms with E-state index in [9.17, 15) is 13.2 Å². The molecule has 140 valence electrons. The topological polar surface area (TPSA) is 60.9 Å². The molecule has 25 heavy (non-hydrogen) atoms. The van der Waals surface area contributed by atoms with Crippen molar-refractivity contribution in [1.82, 2.24) is 14.1 Å². The number of benzene rings is 1. The summed E-state index contributed by atoms with van der Waals surface area (Å²) in [6.45, 7) is 8.85. The van der Waals surface area contributed by atoms with Gasteiger partial charge in [-0.15, -0.1) is 0 Å². The monoisotopic (exact) mass is 367 g/mol. The van der Waals surface area contributed by atoms with Gasteiger partial charge in [0.1, 0.15) is 0 Å². The van der Waals surface area contributed by atoms with Crippen LogP contribution in [0.1, 0.15) is 24.5 Å². The fourth-order valence-electron chi connectivity index (χ4n) is 3.03. The van der Waals surface area contributed by atoms with E-state index in [1.807, 2.05) is 36.1 Å². The van der Waals surface area contributed by atoms with Crippen LogP contribution in [0.5, 0.6) is 0 Å². The van der Waals surface area contributed by atoms with E-state index in [1.165, 1.54) is 10.6 Å². The van der Waals surface area contributed by atoms with Gasteiger partial charge in [-0.1, -0.05) is 31.2 Å². The fraction of sp³-hybridized carbons (Fsp3) is 0.611. The van der Waals surface area contributed by atoms with Crippen molar-refractivity contribution in [2.24, 2.45) is 0 Å². The normalized spacial score (nSPS) is 16.4. The van der Waals surface area contributed by atoms with Gasteiger partial charge in [-0.2, -0.15) is 4.31 Å². The highest BCUT2D eigenvalue weighted by atomic mass is 32.2. The summed E-state index contributed by atoms with van der Waals surface area (Å²) >= 11 is 0. The highest BCUT2D eigenvalue weighted by Crippen LogP contribution is 2.14. The Balaban J connectivity index is 1.94. The molecular formula is C18H29N3O3S. The molecule has 1 fully saturated rings. The lowest BCUT2D eigenvalue weighted by Crippen LogP contribution is -2.49. The number of nitrogens with zero attached hydrogens (tertiary/aromatic N) is 3. The lowest BCUT2D eigenvalue weighted by atomic mass is 10.1. The van der Waals surface area contributed by atoms with Gasteiger partial charge in [0.2, 0.25) is 15.9 Å². The molecule has 0 atom stereocenters. The second-order valence-corrected chi connectivity index (χ2v) is 8.57. The van der Waals surface area contributed by atoms with E-state index in [-0.39, 0.29) is 18.9 Å². The molecule has 7 heteroatoms. The zero-order valence-corrected chi connectivity index (χ0v) is 16.3. The summed E-state index contributed by atoms with van der Waals surface area (Å²) in [6.07, 6.45) is 1.43. The molecule has 6 nitrogen and oxygen atoms in total. The van der Waals surface area contributed by atoms with Crippen molar-refractivity contribution in [3.63, 3.8) is 0 Å². The van der Waals surface area contributed by atoms with Crippen LogP contribution in [0, 0.1) is 6.92 Å². The van der Waals surface area contributed by atoms with Gasteiger partial charge in [0, 0.05) is 45.7 Å². The number of piperazine rings is 1. The number of likely N-dealkylation sites (N-methyl/N-ethyl adjacent to an activating group) is 1. The van der Waals surface area contributed by atoms with Gasteiger partial charge in [-0.25, -0.2) is 8.42 Å². The number of hydrogen-bond donors (Lipinski definition) is 0. The lowest BCUT2D eigenvalue weighted by molar-refractivity contribution is -0.133. The molecule has 1 aromatic rings. The van der Waals surface area contributed by atoms with Crippen molar-refractivity contribution >= 4 is 15.9 Å². The maximum atomic E-state index is 12.4. The van der Waals surface area contributed by atoms with Crippen LogP contribution in [0.25, 0.3) is 0 Å². The van der Waals surface area contributed by atoms with E-state index in [0.29, 0.717) is 6.54 Å². The maximum absolute atomic E-state index is 12.4. The average Bonchev–Trinajstić information content (AvgIpc) is 2.59. The lowest BCUT2D eigenvalue weighted by Gasteiger charge is -2.34. The molecule has 1 aliphatic heterocycles. The van der Waals surface area contributed by atoms with Gasteiger partial charge in [-0.3, -0.25) is 4.79 Å². The summed E-state index contributed by atoms with van der Waals surface area (Å²) in [5, 5.41) is 0. The molecule has 1 aliphatic rings. The average molecular weight is 368 g/mol. The molecule has 1 amide bonds. The van der Waals surface area contributed by atoms with Crippen LogP contribution in [0.15, 0.2) is 24.3 Å². The second-order valence-electron chi connectivity index (χ2n) is 6.59. The Hall–Kier alpha value is -1.44. The number of carbonyl (C=O) groups excluding carboxylic acids is 1. The van der Waals surface area contributed by atoms with E-state index in [2.05, 4.69) is 11.8 Å². The first-order valence-corrected chi connectivity index (χ1v) is 10.7. The SMILES string of the molecule is CCN1CCN(C(=O)CCN(Cc2ccccc2C)S(C)(=O)=O)CC1. The summed E-state index contributed by atoms with van der Waals surface area (Å²) in [4.78, 5) is 16.6. The highest BCUT2D eigenvalue weighted by Gasteiger charge is 2.23. The molecule has 2 rings (SSSR count). The number of aryl methyl sites for hydroxylation is 1. The predicted molar refractivity (Wildman–Crippen MR) is 99.7 cm³/mol. The van der Waals surface area contributed by atoms with Crippen molar-refractivity contribution in [1.29, 1.82) is 0 Å². The first-order valence-electron chi connectivity index (χ1n) is 8.81. The Morgan fingerprint density at radius 3 is 2.36 bits per heavy atom. The van der Waals surface area contributed by atoms with Crippen molar-refractivity contribution in [3.05, 3.63) is 35.4 Å². The van der Waals surface area contributed by atoms with E-state index in [4.69, 9.17) is 0 Å². The van der Waals surface area contributed by atoms with E-state index in [1.54, 1.807) is 0 Å². The van der Waals surface area contributed by atoms with Crippen LogP contribution in [-0.4, -0.2) is 74.0 Å². The number of sulfonamides is 1. The van der Waals surface area contributed by atoms with Crippen LogP contribution < -0.4 is 0 Å². The van der Waals surface area contributed by atoms with Crippen LogP contribution in [0.2, 0.25) is 0 Å². The van der Waals surface area contributed by atoms with Crippen molar-refractivity contribution in [2.75, 3.05) is 45.5 Å². The summed E-state index contributed by atoms with van der Waals surface area (Å²) in [6, 6.07) is 7.73. The Morgan fingerprint density at radius 1 is 1.16 bits per heavy atom. The number of hydrogen-bond acceptors (Lipinski definition) is 4. The van der Waals surface area contributed by atoms with Crippen LogP contribution in [-0.2, 0) is 21.4 Å².